The molecule has 110 valence electrons. The molecule has 1 heterocycles. The number of benzene rings is 1. The SMILES string of the molecule is Cc1nc(C)c(C(=O)NCc2cccc(/C(N)=N/O)c2)o1. The lowest BCUT2D eigenvalue weighted by atomic mass is 10.1. The normalized spacial score (nSPS) is 11.4. The van der Waals surface area contributed by atoms with E-state index in [1.807, 2.05) is 6.07 Å². The smallest absolute Gasteiger partial charge is 0.289 e. The number of aromatic nitrogens is 1. The van der Waals surface area contributed by atoms with Crippen LogP contribution < -0.4 is 11.1 Å². The molecule has 0 saturated carbocycles. The van der Waals surface area contributed by atoms with Crippen molar-refractivity contribution in [2.45, 2.75) is 20.4 Å². The fourth-order valence-electron chi connectivity index (χ4n) is 1.90. The van der Waals surface area contributed by atoms with Crippen molar-refractivity contribution in [3.05, 3.63) is 52.7 Å². The minimum atomic E-state index is -0.331. The molecule has 0 aliphatic carbocycles. The van der Waals surface area contributed by atoms with Gasteiger partial charge in [-0.3, -0.25) is 4.79 Å². The van der Waals surface area contributed by atoms with Crippen LogP contribution in [0.2, 0.25) is 0 Å². The number of rotatable bonds is 4. The van der Waals surface area contributed by atoms with Crippen LogP contribution in [0.15, 0.2) is 33.8 Å². The first-order chi connectivity index (χ1) is 10.0. The Morgan fingerprint density at radius 3 is 2.86 bits per heavy atom. The van der Waals surface area contributed by atoms with E-state index in [2.05, 4.69) is 15.5 Å². The first-order valence-corrected chi connectivity index (χ1v) is 6.30. The van der Waals surface area contributed by atoms with Gasteiger partial charge in [0.25, 0.3) is 5.91 Å². The number of aryl methyl sites for hydroxylation is 2. The van der Waals surface area contributed by atoms with E-state index < -0.39 is 0 Å². The van der Waals surface area contributed by atoms with Crippen molar-refractivity contribution in [2.24, 2.45) is 10.9 Å². The van der Waals surface area contributed by atoms with E-state index in [4.69, 9.17) is 15.4 Å². The fourth-order valence-corrected chi connectivity index (χ4v) is 1.90. The molecule has 2 rings (SSSR count). The van der Waals surface area contributed by atoms with E-state index in [0.29, 0.717) is 23.7 Å². The second-order valence-corrected chi connectivity index (χ2v) is 4.52. The second-order valence-electron chi connectivity index (χ2n) is 4.52. The zero-order valence-corrected chi connectivity index (χ0v) is 11.8. The van der Waals surface area contributed by atoms with Gasteiger partial charge in [-0.2, -0.15) is 0 Å². The second kappa shape index (κ2) is 6.08. The number of carbonyl (C=O) groups excluding carboxylic acids is 1. The minimum Gasteiger partial charge on any atom is -0.436 e. The van der Waals surface area contributed by atoms with E-state index in [-0.39, 0.29) is 17.5 Å². The molecule has 1 aromatic heterocycles. The van der Waals surface area contributed by atoms with Crippen LogP contribution in [0.3, 0.4) is 0 Å². The van der Waals surface area contributed by atoms with Crippen LogP contribution in [-0.2, 0) is 6.54 Å². The lowest BCUT2D eigenvalue weighted by Gasteiger charge is -2.06. The molecule has 0 fully saturated rings. The Kier molecular flexibility index (Phi) is 4.22. The van der Waals surface area contributed by atoms with Gasteiger partial charge in [-0.05, 0) is 18.6 Å². The summed E-state index contributed by atoms with van der Waals surface area (Å²) < 4.78 is 5.25. The third-order valence-electron chi connectivity index (χ3n) is 2.89. The zero-order chi connectivity index (χ0) is 15.4. The third-order valence-corrected chi connectivity index (χ3v) is 2.89. The first kappa shape index (κ1) is 14.6. The van der Waals surface area contributed by atoms with Crippen molar-refractivity contribution in [3.63, 3.8) is 0 Å². The highest BCUT2D eigenvalue weighted by atomic mass is 16.4. The number of nitrogens with zero attached hydrogens (tertiary/aromatic N) is 2. The van der Waals surface area contributed by atoms with Crippen molar-refractivity contribution in [3.8, 4) is 0 Å². The number of amides is 1. The number of oxime groups is 1. The van der Waals surface area contributed by atoms with Crippen LogP contribution in [0.5, 0.6) is 0 Å². The van der Waals surface area contributed by atoms with Gasteiger partial charge in [-0.25, -0.2) is 4.98 Å². The Morgan fingerprint density at radius 1 is 1.48 bits per heavy atom. The Morgan fingerprint density at radius 2 is 2.24 bits per heavy atom. The summed E-state index contributed by atoms with van der Waals surface area (Å²) in [6.07, 6.45) is 0. The Labute approximate surface area is 121 Å². The Hall–Kier alpha value is -2.83. The van der Waals surface area contributed by atoms with Crippen molar-refractivity contribution < 1.29 is 14.4 Å². The average molecular weight is 288 g/mol. The highest BCUT2D eigenvalue weighted by molar-refractivity contribution is 5.97. The fraction of sp³-hybridized carbons (Fsp3) is 0.214. The van der Waals surface area contributed by atoms with Crippen LogP contribution in [0.25, 0.3) is 0 Å². The number of hydrogen-bond acceptors (Lipinski definition) is 5. The number of oxazole rings is 1. The predicted molar refractivity (Wildman–Crippen MR) is 76.1 cm³/mol. The molecular formula is C14H16N4O3. The Balaban J connectivity index is 2.06. The molecule has 7 nitrogen and oxygen atoms in total. The molecule has 4 N–H and O–H groups in total. The van der Waals surface area contributed by atoms with E-state index in [0.717, 1.165) is 5.56 Å². The van der Waals surface area contributed by atoms with Gasteiger partial charge in [-0.15, -0.1) is 0 Å². The molecule has 0 unspecified atom stereocenters. The summed E-state index contributed by atoms with van der Waals surface area (Å²) in [5.41, 5.74) is 7.47. The van der Waals surface area contributed by atoms with Gasteiger partial charge in [0.1, 0.15) is 0 Å². The van der Waals surface area contributed by atoms with Crippen LogP contribution >= 0.6 is 0 Å². The van der Waals surface area contributed by atoms with Crippen LogP contribution in [0.1, 0.15) is 33.3 Å². The van der Waals surface area contributed by atoms with E-state index in [1.165, 1.54) is 0 Å². The molecule has 0 bridgehead atoms. The van der Waals surface area contributed by atoms with Crippen molar-refractivity contribution in [1.29, 1.82) is 0 Å². The third kappa shape index (κ3) is 3.38. The molecular weight excluding hydrogens is 272 g/mol. The number of carbonyl (C=O) groups is 1. The molecule has 1 amide bonds. The number of nitrogens with one attached hydrogen (secondary N) is 1. The van der Waals surface area contributed by atoms with Gasteiger partial charge in [-0.1, -0.05) is 23.4 Å². The number of amidine groups is 1. The zero-order valence-electron chi connectivity index (χ0n) is 11.8. The van der Waals surface area contributed by atoms with Gasteiger partial charge in [0, 0.05) is 19.0 Å². The van der Waals surface area contributed by atoms with Crippen molar-refractivity contribution >= 4 is 11.7 Å². The summed E-state index contributed by atoms with van der Waals surface area (Å²) >= 11 is 0. The molecule has 0 radical (unpaired) electrons. The molecule has 0 aliphatic heterocycles. The summed E-state index contributed by atoms with van der Waals surface area (Å²) in [5.74, 6) is 0.346. The minimum absolute atomic E-state index is 0.0184. The maximum Gasteiger partial charge on any atom is 0.289 e. The first-order valence-electron chi connectivity index (χ1n) is 6.30. The van der Waals surface area contributed by atoms with Crippen molar-refractivity contribution in [1.82, 2.24) is 10.3 Å². The lowest BCUT2D eigenvalue weighted by molar-refractivity contribution is 0.0921. The van der Waals surface area contributed by atoms with Gasteiger partial charge in [0.05, 0.1) is 5.69 Å². The summed E-state index contributed by atoms with van der Waals surface area (Å²) in [7, 11) is 0. The summed E-state index contributed by atoms with van der Waals surface area (Å²) in [6, 6.07) is 7.03. The largest absolute Gasteiger partial charge is 0.436 e. The molecule has 7 heteroatoms. The van der Waals surface area contributed by atoms with Crippen LogP contribution in [0.4, 0.5) is 0 Å². The van der Waals surface area contributed by atoms with Crippen LogP contribution in [-0.4, -0.2) is 21.9 Å². The quantitative estimate of drug-likeness (QED) is 0.340. The Bertz CT molecular complexity index is 691. The van der Waals surface area contributed by atoms with E-state index >= 15 is 0 Å². The lowest BCUT2D eigenvalue weighted by Crippen LogP contribution is -2.23. The van der Waals surface area contributed by atoms with Gasteiger partial charge >= 0.3 is 0 Å². The molecule has 21 heavy (non-hydrogen) atoms. The molecule has 0 spiro atoms. The van der Waals surface area contributed by atoms with Crippen molar-refractivity contribution in [2.75, 3.05) is 0 Å². The highest BCUT2D eigenvalue weighted by Crippen LogP contribution is 2.10. The average Bonchev–Trinajstić information content (AvgIpc) is 2.83. The van der Waals surface area contributed by atoms with Gasteiger partial charge < -0.3 is 20.7 Å². The summed E-state index contributed by atoms with van der Waals surface area (Å²) in [4.78, 5) is 16.0. The maximum atomic E-state index is 12.0. The van der Waals surface area contributed by atoms with E-state index in [1.54, 1.807) is 32.0 Å². The standard InChI is InChI=1S/C14H16N4O3/c1-8-12(21-9(2)17-8)14(19)16-7-10-4-3-5-11(6-10)13(15)18-20/h3-6,20H,7H2,1-2H3,(H2,15,18)(H,16,19). The topological polar surface area (TPSA) is 114 Å². The van der Waals surface area contributed by atoms with Gasteiger partial charge in [0.2, 0.25) is 5.76 Å². The maximum absolute atomic E-state index is 12.0. The molecule has 0 saturated heterocycles. The number of hydrogen-bond donors (Lipinski definition) is 3. The molecule has 0 aliphatic rings. The predicted octanol–water partition coefficient (Wildman–Crippen LogP) is 1.32. The van der Waals surface area contributed by atoms with E-state index in [9.17, 15) is 4.79 Å². The van der Waals surface area contributed by atoms with Crippen LogP contribution in [0, 0.1) is 13.8 Å². The monoisotopic (exact) mass is 288 g/mol. The molecule has 2 aromatic rings. The van der Waals surface area contributed by atoms with Gasteiger partial charge in [0.15, 0.2) is 11.7 Å². The summed E-state index contributed by atoms with van der Waals surface area (Å²) in [6.45, 7) is 3.69. The molecule has 1 aromatic carbocycles. The highest BCUT2D eigenvalue weighted by Gasteiger charge is 2.15. The summed E-state index contributed by atoms with van der Waals surface area (Å²) in [5, 5.41) is 14.3. The molecule has 0 atom stereocenters. The number of nitrogens with two attached hydrogens (primary N) is 1.